The molecule has 41 heavy (non-hydrogen) atoms. The van der Waals surface area contributed by atoms with Crippen LogP contribution >= 0.6 is 0 Å². The van der Waals surface area contributed by atoms with Crippen molar-refractivity contribution in [3.05, 3.63) is 60.2 Å². The number of amides is 2. The van der Waals surface area contributed by atoms with E-state index in [1.165, 1.54) is 24.2 Å². The molecule has 2 aromatic rings. The Bertz CT molecular complexity index is 1360. The number of rotatable bonds is 7. The normalized spacial score (nSPS) is 20.5. The fourth-order valence-corrected chi connectivity index (χ4v) is 7.77. The van der Waals surface area contributed by atoms with Crippen molar-refractivity contribution >= 4 is 27.5 Å². The molecule has 0 unspecified atom stereocenters. The third kappa shape index (κ3) is 6.08. The van der Waals surface area contributed by atoms with Gasteiger partial charge in [-0.15, -0.1) is 0 Å². The Morgan fingerprint density at radius 3 is 2.32 bits per heavy atom. The summed E-state index contributed by atoms with van der Waals surface area (Å²) in [4.78, 5) is 29.8. The van der Waals surface area contributed by atoms with Crippen LogP contribution in [0, 0.1) is 5.92 Å². The molecule has 2 saturated heterocycles. The molecule has 2 amide bonds. The van der Waals surface area contributed by atoms with E-state index in [4.69, 9.17) is 0 Å². The summed E-state index contributed by atoms with van der Waals surface area (Å²) < 4.78 is 67.5. The minimum absolute atomic E-state index is 0.0463. The summed E-state index contributed by atoms with van der Waals surface area (Å²) in [5.41, 5.74) is -1.32. The number of sulfonamides is 1. The summed E-state index contributed by atoms with van der Waals surface area (Å²) in [6, 6.07) is 13.0. The van der Waals surface area contributed by atoms with Gasteiger partial charge >= 0.3 is 6.18 Å². The molecule has 1 saturated carbocycles. The van der Waals surface area contributed by atoms with Crippen molar-refractivity contribution in [3.63, 3.8) is 0 Å². The topological polar surface area (TPSA) is 90.0 Å². The van der Waals surface area contributed by atoms with Gasteiger partial charge in [0, 0.05) is 25.3 Å². The summed E-state index contributed by atoms with van der Waals surface area (Å²) in [7, 11) is -4.22. The fraction of sp³-hybridized carbons (Fsp3) is 0.517. The van der Waals surface area contributed by atoms with E-state index in [0.29, 0.717) is 18.5 Å². The number of nitrogens with one attached hydrogen (secondary N) is 1. The largest absolute Gasteiger partial charge is 0.416 e. The first kappa shape index (κ1) is 29.4. The molecule has 2 aliphatic heterocycles. The predicted octanol–water partition coefficient (Wildman–Crippen LogP) is 4.23. The Morgan fingerprint density at radius 2 is 1.66 bits per heavy atom. The summed E-state index contributed by atoms with van der Waals surface area (Å²) in [5.74, 6) is -0.0129. The van der Waals surface area contributed by atoms with E-state index in [2.05, 4.69) is 5.32 Å². The van der Waals surface area contributed by atoms with Crippen molar-refractivity contribution < 1.29 is 31.2 Å². The molecule has 3 fully saturated rings. The number of benzene rings is 2. The molecule has 0 radical (unpaired) electrons. The summed E-state index contributed by atoms with van der Waals surface area (Å²) in [6.45, 7) is 0.588. The van der Waals surface area contributed by atoms with Gasteiger partial charge in [0.25, 0.3) is 0 Å². The van der Waals surface area contributed by atoms with E-state index in [1.54, 1.807) is 0 Å². The number of alkyl halides is 3. The first-order chi connectivity index (χ1) is 19.5. The van der Waals surface area contributed by atoms with Crippen molar-refractivity contribution in [2.24, 2.45) is 5.92 Å². The minimum Gasteiger partial charge on any atom is -0.354 e. The molecule has 2 aromatic carbocycles. The zero-order valence-electron chi connectivity index (χ0n) is 22.8. The van der Waals surface area contributed by atoms with Gasteiger partial charge in [0.2, 0.25) is 21.8 Å². The number of halogens is 3. The minimum atomic E-state index is -4.67. The number of carbonyl (C=O) groups excluding carboxylic acids is 2. The first-order valence-electron chi connectivity index (χ1n) is 14.1. The Hall–Kier alpha value is -3.12. The van der Waals surface area contributed by atoms with Gasteiger partial charge in [-0.05, 0) is 61.9 Å². The van der Waals surface area contributed by atoms with E-state index >= 15 is 0 Å². The monoisotopic (exact) mass is 592 g/mol. The Morgan fingerprint density at radius 1 is 0.976 bits per heavy atom. The van der Waals surface area contributed by atoms with Gasteiger partial charge in [-0.2, -0.15) is 17.5 Å². The molecule has 12 heteroatoms. The average Bonchev–Trinajstić information content (AvgIpc) is 3.23. The van der Waals surface area contributed by atoms with Gasteiger partial charge in [-0.25, -0.2) is 8.42 Å². The predicted molar refractivity (Wildman–Crippen MR) is 147 cm³/mol. The van der Waals surface area contributed by atoms with Gasteiger partial charge in [0.05, 0.1) is 17.1 Å². The third-order valence-corrected chi connectivity index (χ3v) is 10.5. The van der Waals surface area contributed by atoms with Gasteiger partial charge < -0.3 is 15.1 Å². The van der Waals surface area contributed by atoms with Crippen molar-refractivity contribution in [2.45, 2.75) is 61.6 Å². The standard InChI is InChI=1S/C29H35F3N4O4S/c30-29(31,32)23-10-7-13-25(18-23)41(39,40)35-16-14-28(15-17-35)27(38)34(21-36(28)24-11-5-2-6-12-24)20-26(37)33-19-22-8-3-1-4-9-22/h2,5-7,10-13,18,22H,1,3-4,8-9,14-17,19-21H2,(H,33,37). The zero-order chi connectivity index (χ0) is 29.3. The lowest BCUT2D eigenvalue weighted by Crippen LogP contribution is -2.57. The highest BCUT2D eigenvalue weighted by Crippen LogP contribution is 2.41. The second-order valence-corrected chi connectivity index (χ2v) is 13.1. The van der Waals surface area contributed by atoms with Crippen LogP contribution in [0.4, 0.5) is 18.9 Å². The van der Waals surface area contributed by atoms with E-state index in [9.17, 15) is 31.2 Å². The van der Waals surface area contributed by atoms with Crippen LogP contribution < -0.4 is 10.2 Å². The Labute approximate surface area is 238 Å². The highest BCUT2D eigenvalue weighted by Gasteiger charge is 2.55. The van der Waals surface area contributed by atoms with Crippen LogP contribution in [0.25, 0.3) is 0 Å². The van der Waals surface area contributed by atoms with Crippen molar-refractivity contribution in [1.29, 1.82) is 0 Å². The molecule has 1 aliphatic carbocycles. The van der Waals surface area contributed by atoms with Gasteiger partial charge in [0.1, 0.15) is 12.1 Å². The van der Waals surface area contributed by atoms with Crippen LogP contribution in [0.1, 0.15) is 50.5 Å². The SMILES string of the molecule is O=C(CN1CN(c2ccccc2)C2(CCN(S(=O)(=O)c3cccc(C(F)(F)F)c3)CC2)C1=O)NCC1CCCCC1. The molecule has 3 aliphatic rings. The van der Waals surface area contributed by atoms with Crippen LogP contribution in [0.15, 0.2) is 59.5 Å². The number of hydrogen-bond donors (Lipinski definition) is 1. The van der Waals surface area contributed by atoms with Crippen LogP contribution in [0.5, 0.6) is 0 Å². The summed E-state index contributed by atoms with van der Waals surface area (Å²) >= 11 is 0. The molecule has 5 rings (SSSR count). The van der Waals surface area contributed by atoms with E-state index in [1.807, 2.05) is 35.2 Å². The highest BCUT2D eigenvalue weighted by atomic mass is 32.2. The molecule has 0 aromatic heterocycles. The van der Waals surface area contributed by atoms with Crippen LogP contribution in [-0.2, 0) is 25.8 Å². The van der Waals surface area contributed by atoms with Crippen LogP contribution in [-0.4, -0.2) is 67.8 Å². The second-order valence-electron chi connectivity index (χ2n) is 11.2. The molecule has 1 spiro atoms. The summed E-state index contributed by atoms with van der Waals surface area (Å²) in [6.07, 6.45) is 1.35. The zero-order valence-corrected chi connectivity index (χ0v) is 23.6. The molecular weight excluding hydrogens is 557 g/mol. The van der Waals surface area contributed by atoms with Gasteiger partial charge in [0.15, 0.2) is 0 Å². The van der Waals surface area contributed by atoms with Crippen LogP contribution in [0.2, 0.25) is 0 Å². The summed E-state index contributed by atoms with van der Waals surface area (Å²) in [5, 5.41) is 2.99. The van der Waals surface area contributed by atoms with E-state index in [-0.39, 0.29) is 51.0 Å². The molecule has 2 heterocycles. The maximum absolute atomic E-state index is 13.9. The lowest BCUT2D eigenvalue weighted by atomic mass is 9.86. The maximum Gasteiger partial charge on any atom is 0.416 e. The molecule has 1 N–H and O–H groups in total. The lowest BCUT2D eigenvalue weighted by molar-refractivity contribution is -0.137. The van der Waals surface area contributed by atoms with Crippen LogP contribution in [0.3, 0.4) is 0 Å². The molecule has 8 nitrogen and oxygen atoms in total. The smallest absolute Gasteiger partial charge is 0.354 e. The molecule has 0 atom stereocenters. The maximum atomic E-state index is 13.9. The lowest BCUT2D eigenvalue weighted by Gasteiger charge is -2.42. The number of anilines is 1. The Balaban J connectivity index is 1.32. The van der Waals surface area contributed by atoms with Crippen molar-refractivity contribution in [2.75, 3.05) is 37.7 Å². The molecular formula is C29H35F3N4O4S. The van der Waals surface area contributed by atoms with E-state index in [0.717, 1.165) is 41.0 Å². The number of hydrogen-bond acceptors (Lipinski definition) is 5. The molecule has 0 bridgehead atoms. The number of nitrogens with zero attached hydrogens (tertiary/aromatic N) is 3. The number of carbonyl (C=O) groups is 2. The third-order valence-electron chi connectivity index (χ3n) is 8.58. The second kappa shape index (κ2) is 11.6. The quantitative estimate of drug-likeness (QED) is 0.520. The number of para-hydroxylation sites is 1. The fourth-order valence-electron chi connectivity index (χ4n) is 6.28. The van der Waals surface area contributed by atoms with E-state index < -0.39 is 32.2 Å². The average molecular weight is 593 g/mol. The number of piperidine rings is 1. The molecule has 222 valence electrons. The highest BCUT2D eigenvalue weighted by molar-refractivity contribution is 7.89. The van der Waals surface area contributed by atoms with Crippen molar-refractivity contribution in [3.8, 4) is 0 Å². The van der Waals surface area contributed by atoms with Gasteiger partial charge in [-0.3, -0.25) is 9.59 Å². The Kier molecular flexibility index (Phi) is 8.34. The van der Waals surface area contributed by atoms with Gasteiger partial charge in [-0.1, -0.05) is 43.5 Å². The first-order valence-corrected chi connectivity index (χ1v) is 15.5. The van der Waals surface area contributed by atoms with Crippen molar-refractivity contribution in [1.82, 2.24) is 14.5 Å².